The van der Waals surface area contributed by atoms with Crippen LogP contribution in [0.4, 0.5) is 5.95 Å². The van der Waals surface area contributed by atoms with Crippen LogP contribution in [-0.2, 0) is 10.0 Å². The summed E-state index contributed by atoms with van der Waals surface area (Å²) in [6, 6.07) is 12.7. The number of aromatic hydroxyl groups is 1. The summed E-state index contributed by atoms with van der Waals surface area (Å²) in [4.78, 5) is 32.9. The summed E-state index contributed by atoms with van der Waals surface area (Å²) in [7, 11) is -3.91. The van der Waals surface area contributed by atoms with E-state index < -0.39 is 21.8 Å². The Balaban J connectivity index is 1.42. The Kier molecular flexibility index (Phi) is 5.65. The molecule has 0 radical (unpaired) electrons. The van der Waals surface area contributed by atoms with Gasteiger partial charge < -0.3 is 5.11 Å². The minimum Gasteiger partial charge on any atom is -0.508 e. The van der Waals surface area contributed by atoms with E-state index in [1.807, 2.05) is 0 Å². The predicted octanol–water partition coefficient (Wildman–Crippen LogP) is 1.92. The highest BCUT2D eigenvalue weighted by Gasteiger charge is 2.29. The molecule has 0 saturated heterocycles. The summed E-state index contributed by atoms with van der Waals surface area (Å²) in [6.07, 6.45) is 4.20. The molecular weight excluding hydrogens is 434 g/mol. The Labute approximate surface area is 183 Å². The molecule has 32 heavy (non-hydrogen) atoms. The van der Waals surface area contributed by atoms with Gasteiger partial charge in [-0.25, -0.2) is 28.1 Å². The monoisotopic (exact) mass is 451 g/mol. The number of anilines is 1. The average molecular weight is 451 g/mol. The number of benzene rings is 2. The third-order valence-electron chi connectivity index (χ3n) is 4.68. The number of hydrogen-bond acceptors (Lipinski definition) is 8. The highest BCUT2D eigenvalue weighted by Crippen LogP contribution is 2.20. The SMILES string of the molecule is O=C(c1ccc(S(=O)(=O)Nc2ncccn2)cc1)C1C=NN(C(=O)c2ccc(O)cc2)C1. The van der Waals surface area contributed by atoms with E-state index in [4.69, 9.17) is 0 Å². The zero-order valence-electron chi connectivity index (χ0n) is 16.5. The molecule has 0 aliphatic carbocycles. The lowest BCUT2D eigenvalue weighted by molar-refractivity contribution is 0.0757. The third kappa shape index (κ3) is 4.47. The molecule has 2 N–H and O–H groups in total. The van der Waals surface area contributed by atoms with Gasteiger partial charge in [0.25, 0.3) is 15.9 Å². The van der Waals surface area contributed by atoms with E-state index in [1.54, 1.807) is 6.07 Å². The minimum absolute atomic E-state index is 0.0384. The van der Waals surface area contributed by atoms with Crippen LogP contribution in [0.15, 0.2) is 77.0 Å². The van der Waals surface area contributed by atoms with Crippen molar-refractivity contribution < 1.29 is 23.1 Å². The smallest absolute Gasteiger partial charge is 0.273 e. The summed E-state index contributed by atoms with van der Waals surface area (Å²) >= 11 is 0. The first-order valence-electron chi connectivity index (χ1n) is 9.42. The number of ketones is 1. The topological polar surface area (TPSA) is 142 Å². The fourth-order valence-electron chi connectivity index (χ4n) is 3.02. The van der Waals surface area contributed by atoms with Crippen molar-refractivity contribution in [3.63, 3.8) is 0 Å². The molecule has 1 atom stereocenters. The second-order valence-corrected chi connectivity index (χ2v) is 8.55. The molecule has 2 heterocycles. The first-order chi connectivity index (χ1) is 15.3. The molecule has 0 bridgehead atoms. The van der Waals surface area contributed by atoms with Crippen LogP contribution in [0.2, 0.25) is 0 Å². The Morgan fingerprint density at radius 1 is 0.969 bits per heavy atom. The number of carbonyl (C=O) groups is 2. The maximum Gasteiger partial charge on any atom is 0.273 e. The maximum absolute atomic E-state index is 12.8. The van der Waals surface area contributed by atoms with Gasteiger partial charge in [0.15, 0.2) is 5.78 Å². The van der Waals surface area contributed by atoms with Gasteiger partial charge in [-0.15, -0.1) is 0 Å². The van der Waals surface area contributed by atoms with E-state index in [2.05, 4.69) is 19.8 Å². The number of phenols is 1. The second-order valence-electron chi connectivity index (χ2n) is 6.87. The summed E-state index contributed by atoms with van der Waals surface area (Å²) in [5.74, 6) is -1.37. The molecule has 1 amide bonds. The van der Waals surface area contributed by atoms with E-state index in [9.17, 15) is 23.1 Å². The molecule has 0 spiro atoms. The Morgan fingerprint density at radius 3 is 2.25 bits per heavy atom. The van der Waals surface area contributed by atoms with Crippen molar-refractivity contribution >= 4 is 33.9 Å². The average Bonchev–Trinajstić information content (AvgIpc) is 3.29. The number of nitrogens with zero attached hydrogens (tertiary/aromatic N) is 4. The number of carbonyl (C=O) groups excluding carboxylic acids is 2. The number of amides is 1. The lowest BCUT2D eigenvalue weighted by Gasteiger charge is -2.14. The molecule has 1 unspecified atom stereocenters. The summed E-state index contributed by atoms with van der Waals surface area (Å²) in [6.45, 7) is 0.0610. The predicted molar refractivity (Wildman–Crippen MR) is 115 cm³/mol. The van der Waals surface area contributed by atoms with Gasteiger partial charge in [-0.3, -0.25) is 9.59 Å². The van der Waals surface area contributed by atoms with E-state index >= 15 is 0 Å². The van der Waals surface area contributed by atoms with Crippen LogP contribution in [-0.4, -0.2) is 53.0 Å². The van der Waals surface area contributed by atoms with Crippen molar-refractivity contribution in [1.29, 1.82) is 0 Å². The van der Waals surface area contributed by atoms with Gasteiger partial charge in [0.1, 0.15) is 5.75 Å². The van der Waals surface area contributed by atoms with Gasteiger partial charge in [-0.1, -0.05) is 12.1 Å². The van der Waals surface area contributed by atoms with Gasteiger partial charge in [0, 0.05) is 29.7 Å². The number of nitrogens with one attached hydrogen (secondary N) is 1. The molecular formula is C21H17N5O5S. The minimum atomic E-state index is -3.91. The number of hydrazone groups is 1. The summed E-state index contributed by atoms with van der Waals surface area (Å²) in [5, 5.41) is 14.5. The van der Waals surface area contributed by atoms with Crippen molar-refractivity contribution in [1.82, 2.24) is 15.0 Å². The molecule has 1 aromatic heterocycles. The lowest BCUT2D eigenvalue weighted by atomic mass is 9.99. The molecule has 2 aromatic carbocycles. The van der Waals surface area contributed by atoms with Crippen molar-refractivity contribution in [2.75, 3.05) is 11.3 Å². The van der Waals surface area contributed by atoms with Crippen LogP contribution in [0.25, 0.3) is 0 Å². The van der Waals surface area contributed by atoms with Crippen LogP contribution in [0.3, 0.4) is 0 Å². The van der Waals surface area contributed by atoms with Crippen molar-refractivity contribution in [2.24, 2.45) is 11.0 Å². The molecule has 10 nitrogen and oxygen atoms in total. The van der Waals surface area contributed by atoms with Gasteiger partial charge >= 0.3 is 0 Å². The Morgan fingerprint density at radius 2 is 1.59 bits per heavy atom. The molecule has 0 fully saturated rings. The molecule has 162 valence electrons. The highest BCUT2D eigenvalue weighted by molar-refractivity contribution is 7.92. The fourth-order valence-corrected chi connectivity index (χ4v) is 3.98. The van der Waals surface area contributed by atoms with E-state index in [0.29, 0.717) is 5.56 Å². The Hall–Kier alpha value is -4.12. The second kappa shape index (κ2) is 8.55. The number of hydrogen-bond donors (Lipinski definition) is 2. The summed E-state index contributed by atoms with van der Waals surface area (Å²) in [5.41, 5.74) is 0.618. The van der Waals surface area contributed by atoms with Gasteiger partial charge in [-0.2, -0.15) is 5.10 Å². The summed E-state index contributed by atoms with van der Waals surface area (Å²) < 4.78 is 27.2. The zero-order chi connectivity index (χ0) is 22.7. The largest absolute Gasteiger partial charge is 0.508 e. The quantitative estimate of drug-likeness (QED) is 0.545. The molecule has 1 aliphatic heterocycles. The van der Waals surface area contributed by atoms with E-state index in [1.165, 1.54) is 72.1 Å². The van der Waals surface area contributed by atoms with Crippen molar-refractivity contribution in [3.05, 3.63) is 78.1 Å². The molecule has 3 aromatic rings. The lowest BCUT2D eigenvalue weighted by Crippen LogP contribution is -2.29. The van der Waals surface area contributed by atoms with Crippen molar-refractivity contribution in [2.45, 2.75) is 4.90 Å². The molecule has 11 heteroatoms. The number of Topliss-reactive ketones (excluding diaryl/α,β-unsaturated/α-hetero) is 1. The molecule has 4 rings (SSSR count). The third-order valence-corrected chi connectivity index (χ3v) is 6.03. The zero-order valence-corrected chi connectivity index (χ0v) is 17.3. The van der Waals surface area contributed by atoms with Crippen LogP contribution < -0.4 is 4.72 Å². The first kappa shape index (κ1) is 21.1. The number of phenolic OH excluding ortho intramolecular Hbond substituents is 1. The van der Waals surface area contributed by atoms with Gasteiger partial charge in [0.05, 0.1) is 17.4 Å². The highest BCUT2D eigenvalue weighted by atomic mass is 32.2. The molecule has 0 saturated carbocycles. The van der Waals surface area contributed by atoms with Crippen LogP contribution in [0.1, 0.15) is 20.7 Å². The number of rotatable bonds is 6. The molecule has 1 aliphatic rings. The number of sulfonamides is 1. The maximum atomic E-state index is 12.8. The van der Waals surface area contributed by atoms with Gasteiger partial charge in [-0.05, 0) is 42.5 Å². The van der Waals surface area contributed by atoms with Crippen LogP contribution in [0.5, 0.6) is 5.75 Å². The number of aromatic nitrogens is 2. The fraction of sp³-hybridized carbons (Fsp3) is 0.0952. The van der Waals surface area contributed by atoms with Crippen molar-refractivity contribution in [3.8, 4) is 5.75 Å². The van der Waals surface area contributed by atoms with Crippen LogP contribution in [0, 0.1) is 5.92 Å². The van der Waals surface area contributed by atoms with Crippen LogP contribution >= 0.6 is 0 Å². The normalized spacial score (nSPS) is 15.5. The first-order valence-corrected chi connectivity index (χ1v) is 10.9. The standard InChI is InChI=1S/C21H17N5O5S/c27-17-6-2-15(3-7-17)20(29)26-13-16(12-24-26)19(28)14-4-8-18(9-5-14)32(30,31)25-21-22-10-1-11-23-21/h1-12,16,27H,13H2,(H,22,23,25). The van der Waals surface area contributed by atoms with Gasteiger partial charge in [0.2, 0.25) is 5.95 Å². The Bertz CT molecular complexity index is 1280. The van der Waals surface area contributed by atoms with E-state index in [-0.39, 0.29) is 34.5 Å². The van der Waals surface area contributed by atoms with E-state index in [0.717, 1.165) is 0 Å².